The number of aliphatic hydroxyl groups excluding tert-OH is 1. The van der Waals surface area contributed by atoms with Gasteiger partial charge in [-0.25, -0.2) is 0 Å². The van der Waals surface area contributed by atoms with E-state index in [1.807, 2.05) is 13.8 Å². The first-order chi connectivity index (χ1) is 9.28. The van der Waals surface area contributed by atoms with E-state index in [4.69, 9.17) is 0 Å². The fourth-order valence-corrected chi connectivity index (χ4v) is 2.11. The highest BCUT2D eigenvalue weighted by Gasteiger charge is 2.32. The van der Waals surface area contributed by atoms with Gasteiger partial charge in [-0.2, -0.15) is 13.2 Å². The topological polar surface area (TPSA) is 32.3 Å². The van der Waals surface area contributed by atoms with Crippen LogP contribution in [0.5, 0.6) is 0 Å². The van der Waals surface area contributed by atoms with E-state index in [0.717, 1.165) is 18.9 Å². The molecule has 1 rings (SSSR count). The lowest BCUT2D eigenvalue weighted by molar-refractivity contribution is -0.138. The van der Waals surface area contributed by atoms with Crippen molar-refractivity contribution in [3.05, 3.63) is 29.3 Å². The summed E-state index contributed by atoms with van der Waals surface area (Å²) in [5.41, 5.74) is -0.265. The summed E-state index contributed by atoms with van der Waals surface area (Å²) in [5, 5.41) is 12.5. The van der Waals surface area contributed by atoms with E-state index >= 15 is 0 Å². The standard InChI is InChI=1S/C15H22F3NO/c1-4-14(5-2,10-20)9-19-12-7-6-11(3)13(8-12)15(16,17)18/h6-8,19-20H,4-5,9-10H2,1-3H3. The zero-order valence-electron chi connectivity index (χ0n) is 12.1. The van der Waals surface area contributed by atoms with E-state index in [-0.39, 0.29) is 17.6 Å². The Kier molecular flexibility index (Phi) is 5.45. The van der Waals surface area contributed by atoms with Crippen molar-refractivity contribution in [2.45, 2.75) is 39.8 Å². The number of aliphatic hydroxyl groups is 1. The normalized spacial score (nSPS) is 12.6. The first-order valence-corrected chi connectivity index (χ1v) is 6.80. The average Bonchev–Trinajstić information content (AvgIpc) is 2.41. The van der Waals surface area contributed by atoms with Crippen LogP contribution in [0.3, 0.4) is 0 Å². The maximum absolute atomic E-state index is 12.8. The zero-order valence-corrected chi connectivity index (χ0v) is 12.1. The Morgan fingerprint density at radius 2 is 1.75 bits per heavy atom. The third-order valence-corrected chi connectivity index (χ3v) is 4.05. The fourth-order valence-electron chi connectivity index (χ4n) is 2.11. The van der Waals surface area contributed by atoms with Crippen molar-refractivity contribution in [2.75, 3.05) is 18.5 Å². The van der Waals surface area contributed by atoms with Crippen molar-refractivity contribution in [1.82, 2.24) is 0 Å². The molecular formula is C15H22F3NO. The second-order valence-electron chi connectivity index (χ2n) is 5.25. The molecule has 0 fully saturated rings. The molecule has 0 aliphatic rings. The molecule has 1 aromatic carbocycles. The van der Waals surface area contributed by atoms with Crippen LogP contribution >= 0.6 is 0 Å². The Hall–Kier alpha value is -1.23. The van der Waals surface area contributed by atoms with E-state index in [2.05, 4.69) is 5.32 Å². The van der Waals surface area contributed by atoms with Crippen LogP contribution in [0.2, 0.25) is 0 Å². The summed E-state index contributed by atoms with van der Waals surface area (Å²) in [5.74, 6) is 0. The molecule has 20 heavy (non-hydrogen) atoms. The second kappa shape index (κ2) is 6.48. The number of nitrogens with one attached hydrogen (secondary N) is 1. The van der Waals surface area contributed by atoms with Gasteiger partial charge in [0.15, 0.2) is 0 Å². The van der Waals surface area contributed by atoms with E-state index < -0.39 is 11.7 Å². The molecule has 0 unspecified atom stereocenters. The van der Waals surface area contributed by atoms with Crippen LogP contribution < -0.4 is 5.32 Å². The molecule has 0 aliphatic carbocycles. The maximum atomic E-state index is 12.8. The van der Waals surface area contributed by atoms with Crippen LogP contribution in [-0.4, -0.2) is 18.3 Å². The van der Waals surface area contributed by atoms with Crippen LogP contribution in [0.4, 0.5) is 18.9 Å². The molecule has 0 saturated carbocycles. The highest BCUT2D eigenvalue weighted by atomic mass is 19.4. The van der Waals surface area contributed by atoms with E-state index in [0.29, 0.717) is 12.2 Å². The fraction of sp³-hybridized carbons (Fsp3) is 0.600. The SMILES string of the molecule is CCC(CC)(CO)CNc1ccc(C)c(C(F)(F)F)c1. The minimum Gasteiger partial charge on any atom is -0.396 e. The minimum absolute atomic E-state index is 0.0188. The van der Waals surface area contributed by atoms with Gasteiger partial charge in [0.05, 0.1) is 12.2 Å². The molecule has 2 nitrogen and oxygen atoms in total. The lowest BCUT2D eigenvalue weighted by Gasteiger charge is -2.30. The van der Waals surface area contributed by atoms with Crippen molar-refractivity contribution in [3.63, 3.8) is 0 Å². The van der Waals surface area contributed by atoms with Gasteiger partial charge in [0, 0.05) is 17.6 Å². The molecule has 0 bridgehead atoms. The molecule has 0 aliphatic heterocycles. The van der Waals surface area contributed by atoms with Gasteiger partial charge in [-0.15, -0.1) is 0 Å². The van der Waals surface area contributed by atoms with Crippen molar-refractivity contribution < 1.29 is 18.3 Å². The van der Waals surface area contributed by atoms with Gasteiger partial charge < -0.3 is 10.4 Å². The number of aryl methyl sites for hydroxylation is 1. The molecule has 114 valence electrons. The molecule has 0 atom stereocenters. The maximum Gasteiger partial charge on any atom is 0.416 e. The summed E-state index contributed by atoms with van der Waals surface area (Å²) in [6.07, 6.45) is -2.80. The summed E-state index contributed by atoms with van der Waals surface area (Å²) >= 11 is 0. The Balaban J connectivity index is 2.89. The van der Waals surface area contributed by atoms with Crippen molar-refractivity contribution >= 4 is 5.69 Å². The van der Waals surface area contributed by atoms with Crippen LogP contribution in [0.25, 0.3) is 0 Å². The molecule has 2 N–H and O–H groups in total. The van der Waals surface area contributed by atoms with Crippen LogP contribution in [0.15, 0.2) is 18.2 Å². The average molecular weight is 289 g/mol. The van der Waals surface area contributed by atoms with Gasteiger partial charge in [0.2, 0.25) is 0 Å². The smallest absolute Gasteiger partial charge is 0.396 e. The Bertz CT molecular complexity index is 431. The lowest BCUT2D eigenvalue weighted by atomic mass is 9.83. The first-order valence-electron chi connectivity index (χ1n) is 6.80. The predicted molar refractivity (Wildman–Crippen MR) is 74.8 cm³/mol. The Morgan fingerprint density at radius 1 is 1.15 bits per heavy atom. The van der Waals surface area contributed by atoms with E-state index in [1.165, 1.54) is 13.0 Å². The van der Waals surface area contributed by atoms with Gasteiger partial charge in [-0.3, -0.25) is 0 Å². The Labute approximate surface area is 118 Å². The molecule has 5 heteroatoms. The van der Waals surface area contributed by atoms with E-state index in [9.17, 15) is 18.3 Å². The third-order valence-electron chi connectivity index (χ3n) is 4.05. The second-order valence-corrected chi connectivity index (χ2v) is 5.25. The highest BCUT2D eigenvalue weighted by Crippen LogP contribution is 2.34. The predicted octanol–water partition coefficient (Wildman–Crippen LogP) is 4.22. The first kappa shape index (κ1) is 16.8. The lowest BCUT2D eigenvalue weighted by Crippen LogP contribution is -2.32. The largest absolute Gasteiger partial charge is 0.416 e. The number of anilines is 1. The summed E-state index contributed by atoms with van der Waals surface area (Å²) in [6, 6.07) is 4.23. The number of alkyl halides is 3. The molecular weight excluding hydrogens is 267 g/mol. The van der Waals surface area contributed by atoms with Gasteiger partial charge in [0.25, 0.3) is 0 Å². The Morgan fingerprint density at radius 3 is 2.20 bits per heavy atom. The molecule has 0 heterocycles. The van der Waals surface area contributed by atoms with Gasteiger partial charge in [0.1, 0.15) is 0 Å². The number of hydrogen-bond acceptors (Lipinski definition) is 2. The van der Waals surface area contributed by atoms with Crippen LogP contribution in [-0.2, 0) is 6.18 Å². The number of rotatable bonds is 6. The van der Waals surface area contributed by atoms with Crippen LogP contribution in [0.1, 0.15) is 37.8 Å². The summed E-state index contributed by atoms with van der Waals surface area (Å²) in [6.45, 7) is 5.86. The summed E-state index contributed by atoms with van der Waals surface area (Å²) in [4.78, 5) is 0. The van der Waals surface area contributed by atoms with Gasteiger partial charge in [-0.1, -0.05) is 19.9 Å². The number of benzene rings is 1. The number of halogens is 3. The summed E-state index contributed by atoms with van der Waals surface area (Å²) < 4.78 is 38.5. The zero-order chi connectivity index (χ0) is 15.4. The third kappa shape index (κ3) is 3.88. The quantitative estimate of drug-likeness (QED) is 0.821. The molecule has 0 aromatic heterocycles. The molecule has 0 amide bonds. The molecule has 1 aromatic rings. The van der Waals surface area contributed by atoms with Crippen LogP contribution in [0, 0.1) is 12.3 Å². The van der Waals surface area contributed by atoms with Crippen molar-refractivity contribution in [3.8, 4) is 0 Å². The monoisotopic (exact) mass is 289 g/mol. The van der Waals surface area contributed by atoms with E-state index in [1.54, 1.807) is 6.07 Å². The highest BCUT2D eigenvalue weighted by molar-refractivity contribution is 5.49. The van der Waals surface area contributed by atoms with Gasteiger partial charge in [-0.05, 0) is 37.5 Å². The minimum atomic E-state index is -4.34. The molecule has 0 saturated heterocycles. The summed E-state index contributed by atoms with van der Waals surface area (Å²) in [7, 11) is 0. The van der Waals surface area contributed by atoms with Crippen molar-refractivity contribution in [2.24, 2.45) is 5.41 Å². The van der Waals surface area contributed by atoms with Crippen molar-refractivity contribution in [1.29, 1.82) is 0 Å². The van der Waals surface area contributed by atoms with Gasteiger partial charge >= 0.3 is 6.18 Å². The molecule has 0 spiro atoms. The molecule has 0 radical (unpaired) electrons. The number of hydrogen-bond donors (Lipinski definition) is 2.